The molecule has 1 amide bonds. The van der Waals surface area contributed by atoms with Crippen molar-refractivity contribution in [2.45, 2.75) is 49.1 Å². The number of nitrogens with zero attached hydrogens (tertiary/aromatic N) is 2. The molecule has 0 radical (unpaired) electrons. The summed E-state index contributed by atoms with van der Waals surface area (Å²) in [6.07, 6.45) is 6.08. The summed E-state index contributed by atoms with van der Waals surface area (Å²) in [5.74, 6) is 0.375. The Morgan fingerprint density at radius 2 is 1.79 bits per heavy atom. The summed E-state index contributed by atoms with van der Waals surface area (Å²) in [4.78, 5) is 20.6. The van der Waals surface area contributed by atoms with Gasteiger partial charge in [-0.25, -0.2) is 8.42 Å². The van der Waals surface area contributed by atoms with Crippen molar-refractivity contribution in [3.8, 4) is 11.8 Å². The van der Waals surface area contributed by atoms with Gasteiger partial charge in [0.15, 0.2) is 9.84 Å². The Hall–Kier alpha value is -2.68. The van der Waals surface area contributed by atoms with Crippen molar-refractivity contribution in [2.24, 2.45) is 0 Å². The third-order valence-corrected chi connectivity index (χ3v) is 6.56. The van der Waals surface area contributed by atoms with E-state index < -0.39 is 9.84 Å². The average Bonchev–Trinajstić information content (AvgIpc) is 2.74. The normalized spacial score (nSPS) is 19.3. The molecule has 1 fully saturated rings. The Bertz CT molecular complexity index is 913. The highest BCUT2D eigenvalue weighted by atomic mass is 32.2. The van der Waals surface area contributed by atoms with Gasteiger partial charge in [0.2, 0.25) is 17.7 Å². The van der Waals surface area contributed by atoms with Gasteiger partial charge >= 0.3 is 0 Å². The highest BCUT2D eigenvalue weighted by Gasteiger charge is 2.25. The Morgan fingerprint density at radius 1 is 1.10 bits per heavy atom. The van der Waals surface area contributed by atoms with E-state index in [1.165, 1.54) is 13.3 Å². The lowest BCUT2D eigenvalue weighted by Crippen LogP contribution is -2.40. The first-order valence-corrected chi connectivity index (χ1v) is 11.2. The fraction of sp³-hybridized carbons (Fsp3) is 0.450. The molecule has 29 heavy (non-hydrogen) atoms. The molecule has 0 spiro atoms. The lowest BCUT2D eigenvalue weighted by Gasteiger charge is -2.29. The minimum atomic E-state index is -3.45. The van der Waals surface area contributed by atoms with Gasteiger partial charge in [0.25, 0.3) is 0 Å². The molecule has 1 aromatic carbocycles. The molecule has 3 rings (SSSR count). The highest BCUT2D eigenvalue weighted by molar-refractivity contribution is 7.91. The zero-order chi connectivity index (χ0) is 20.7. The van der Waals surface area contributed by atoms with Gasteiger partial charge in [-0.15, -0.1) is 0 Å². The predicted octanol–water partition coefficient (Wildman–Crippen LogP) is 2.16. The molecular weight excluding hydrogens is 394 g/mol. The van der Waals surface area contributed by atoms with Crippen LogP contribution in [0.5, 0.6) is 11.8 Å². The van der Waals surface area contributed by atoms with Crippen molar-refractivity contribution >= 4 is 15.7 Å². The molecule has 156 valence electrons. The molecule has 1 aromatic heterocycles. The fourth-order valence-electron chi connectivity index (χ4n) is 3.25. The number of sulfone groups is 1. The van der Waals surface area contributed by atoms with Crippen LogP contribution in [-0.4, -0.2) is 49.3 Å². The summed E-state index contributed by atoms with van der Waals surface area (Å²) < 4.78 is 35.4. The maximum Gasteiger partial charge on any atom is 0.235 e. The van der Waals surface area contributed by atoms with Crippen molar-refractivity contribution < 1.29 is 22.7 Å². The molecule has 8 nitrogen and oxygen atoms in total. The molecule has 1 saturated carbocycles. The second-order valence-electron chi connectivity index (χ2n) is 6.94. The Morgan fingerprint density at radius 3 is 2.48 bits per heavy atom. The summed E-state index contributed by atoms with van der Waals surface area (Å²) in [7, 11) is -1.93. The number of amides is 1. The van der Waals surface area contributed by atoms with Gasteiger partial charge in [0, 0.05) is 12.5 Å². The van der Waals surface area contributed by atoms with Crippen LogP contribution >= 0.6 is 0 Å². The molecule has 0 aliphatic heterocycles. The molecule has 0 saturated heterocycles. The van der Waals surface area contributed by atoms with Crippen LogP contribution in [0.2, 0.25) is 0 Å². The van der Waals surface area contributed by atoms with Crippen LogP contribution in [0.25, 0.3) is 0 Å². The number of hydrogen-bond donors (Lipinski definition) is 1. The van der Waals surface area contributed by atoms with Gasteiger partial charge in [-0.3, -0.25) is 9.78 Å². The average molecular weight is 420 g/mol. The third kappa shape index (κ3) is 6.15. The minimum absolute atomic E-state index is 0.00279. The van der Waals surface area contributed by atoms with E-state index in [2.05, 4.69) is 15.3 Å². The summed E-state index contributed by atoms with van der Waals surface area (Å²) >= 11 is 0. The van der Waals surface area contributed by atoms with Crippen molar-refractivity contribution in [1.29, 1.82) is 0 Å². The van der Waals surface area contributed by atoms with Crippen LogP contribution in [0, 0.1) is 0 Å². The van der Waals surface area contributed by atoms with Crippen LogP contribution in [0.4, 0.5) is 0 Å². The monoisotopic (exact) mass is 419 g/mol. The quantitative estimate of drug-likeness (QED) is 0.698. The number of carbonyl (C=O) groups is 1. The topological polar surface area (TPSA) is 107 Å². The van der Waals surface area contributed by atoms with Gasteiger partial charge in [-0.2, -0.15) is 4.98 Å². The van der Waals surface area contributed by atoms with Gasteiger partial charge in [0.1, 0.15) is 6.10 Å². The summed E-state index contributed by atoms with van der Waals surface area (Å²) in [5, 5.41) is 2.94. The molecule has 9 heteroatoms. The van der Waals surface area contributed by atoms with Crippen LogP contribution in [0.3, 0.4) is 0 Å². The van der Waals surface area contributed by atoms with Crippen molar-refractivity contribution in [3.05, 3.63) is 42.7 Å². The molecule has 2 aromatic rings. The summed E-state index contributed by atoms with van der Waals surface area (Å²) in [6, 6.07) is 8.21. The van der Waals surface area contributed by atoms with Gasteiger partial charge in [-0.1, -0.05) is 18.2 Å². The third-order valence-electron chi connectivity index (χ3n) is 4.83. The van der Waals surface area contributed by atoms with Gasteiger partial charge < -0.3 is 14.8 Å². The molecule has 1 aliphatic rings. The second-order valence-corrected chi connectivity index (χ2v) is 9.05. The lowest BCUT2D eigenvalue weighted by atomic mass is 9.93. The van der Waals surface area contributed by atoms with Crippen LogP contribution in [-0.2, 0) is 14.6 Å². The van der Waals surface area contributed by atoms with Crippen molar-refractivity contribution in [1.82, 2.24) is 15.3 Å². The Labute approximate surface area is 170 Å². The number of benzene rings is 1. The van der Waals surface area contributed by atoms with Gasteiger partial charge in [-0.05, 0) is 37.8 Å². The first-order valence-electron chi connectivity index (χ1n) is 9.56. The number of hydrogen-bond acceptors (Lipinski definition) is 7. The zero-order valence-corrected chi connectivity index (χ0v) is 17.1. The molecule has 0 bridgehead atoms. The highest BCUT2D eigenvalue weighted by Crippen LogP contribution is 2.23. The number of ether oxygens (including phenoxy) is 2. The first-order chi connectivity index (χ1) is 14.0. The van der Waals surface area contributed by atoms with Crippen LogP contribution < -0.4 is 14.8 Å². The number of methoxy groups -OCH3 is 1. The maximum atomic E-state index is 12.3. The number of carbonyl (C=O) groups excluding carboxylic acids is 1. The standard InChI is InChI=1S/C20H25N3O5S/c1-27-19-13-21-14-20(23-19)28-16-9-7-15(8-10-16)22-18(24)11-12-29(25,26)17-5-3-2-4-6-17/h2-6,13-16H,7-12H2,1H3,(H,22,24). The molecule has 1 aliphatic carbocycles. The Kier molecular flexibility index (Phi) is 7.03. The smallest absolute Gasteiger partial charge is 0.235 e. The number of rotatable bonds is 8. The fourth-order valence-corrected chi connectivity index (χ4v) is 4.52. The van der Waals surface area contributed by atoms with E-state index in [1.807, 2.05) is 0 Å². The van der Waals surface area contributed by atoms with E-state index in [1.54, 1.807) is 36.5 Å². The SMILES string of the molecule is COc1cncc(OC2CCC(NC(=O)CCS(=O)(=O)c3ccccc3)CC2)n1. The van der Waals surface area contributed by atoms with Crippen LogP contribution in [0.15, 0.2) is 47.6 Å². The summed E-state index contributed by atoms with van der Waals surface area (Å²) in [6.45, 7) is 0. The first kappa shape index (κ1) is 21.0. The molecule has 0 unspecified atom stereocenters. The molecule has 1 N–H and O–H groups in total. The zero-order valence-electron chi connectivity index (χ0n) is 16.3. The number of nitrogens with one attached hydrogen (secondary N) is 1. The van der Waals surface area contributed by atoms with Gasteiger partial charge in [0.05, 0.1) is 30.2 Å². The van der Waals surface area contributed by atoms with E-state index in [0.29, 0.717) is 11.8 Å². The number of aromatic nitrogens is 2. The molecule has 1 heterocycles. The lowest BCUT2D eigenvalue weighted by molar-refractivity contribution is -0.121. The minimum Gasteiger partial charge on any atom is -0.480 e. The van der Waals surface area contributed by atoms with E-state index in [0.717, 1.165) is 25.7 Å². The van der Waals surface area contributed by atoms with Crippen LogP contribution in [0.1, 0.15) is 32.1 Å². The molecular formula is C20H25N3O5S. The van der Waals surface area contributed by atoms with E-state index in [4.69, 9.17) is 9.47 Å². The second kappa shape index (κ2) is 9.69. The largest absolute Gasteiger partial charge is 0.480 e. The van der Waals surface area contributed by atoms with E-state index >= 15 is 0 Å². The summed E-state index contributed by atoms with van der Waals surface area (Å²) in [5.41, 5.74) is 0. The van der Waals surface area contributed by atoms with Crippen molar-refractivity contribution in [2.75, 3.05) is 12.9 Å². The molecule has 0 atom stereocenters. The predicted molar refractivity (Wildman–Crippen MR) is 107 cm³/mol. The van der Waals surface area contributed by atoms with E-state index in [-0.39, 0.29) is 35.1 Å². The van der Waals surface area contributed by atoms with E-state index in [9.17, 15) is 13.2 Å². The Balaban J connectivity index is 1.41. The van der Waals surface area contributed by atoms with Crippen molar-refractivity contribution in [3.63, 3.8) is 0 Å². The maximum absolute atomic E-state index is 12.3.